The summed E-state index contributed by atoms with van der Waals surface area (Å²) in [6.07, 6.45) is -4.36. The Morgan fingerprint density at radius 2 is 1.62 bits per heavy atom. The summed E-state index contributed by atoms with van der Waals surface area (Å²) < 4.78 is 46.5. The molecule has 1 aliphatic heterocycles. The Labute approximate surface area is 238 Å². The second-order valence-corrected chi connectivity index (χ2v) is 11.2. The first-order chi connectivity index (χ1) is 19.9. The molecule has 0 unspecified atom stereocenters. The molecule has 0 saturated carbocycles. The van der Waals surface area contributed by atoms with Gasteiger partial charge in [-0.1, -0.05) is 30.3 Å². The van der Waals surface area contributed by atoms with Gasteiger partial charge in [-0.3, -0.25) is 34.0 Å². The molecule has 0 bridgehead atoms. The molecule has 0 aliphatic carbocycles. The maximum absolute atomic E-state index is 13.8. The van der Waals surface area contributed by atoms with Gasteiger partial charge < -0.3 is 14.2 Å². The van der Waals surface area contributed by atoms with Crippen molar-refractivity contribution in [3.63, 3.8) is 0 Å². The molecule has 1 N–H and O–H groups in total. The number of hydrogen-bond acceptors (Lipinski definition) is 11. The van der Waals surface area contributed by atoms with Crippen molar-refractivity contribution in [1.82, 2.24) is 13.9 Å². The molecule has 4 atom stereocenters. The lowest BCUT2D eigenvalue weighted by Crippen LogP contribution is -2.45. The predicted molar refractivity (Wildman–Crippen MR) is 143 cm³/mol. The Bertz CT molecular complexity index is 1690. The van der Waals surface area contributed by atoms with Gasteiger partial charge in [-0.05, 0) is 17.7 Å². The van der Waals surface area contributed by atoms with Crippen LogP contribution in [0.3, 0.4) is 0 Å². The SMILES string of the molecule is CC(=O)O[C@@H]1[C@H](OC(C)=O)[C@@H](CN(Cc2ccccc2)S(=O)(=O)c2ccc([N+](=O)[O-])cc2)O[C@H]1n1ccc(=O)[nH]c1=O. The predicted octanol–water partition coefficient (Wildman–Crippen LogP) is 1.10. The number of carbonyl (C=O) groups is 2. The minimum absolute atomic E-state index is 0.186. The van der Waals surface area contributed by atoms with E-state index < -0.39 is 69.2 Å². The highest BCUT2D eigenvalue weighted by atomic mass is 32.2. The van der Waals surface area contributed by atoms with Gasteiger partial charge in [-0.2, -0.15) is 4.31 Å². The fraction of sp³-hybridized carbons (Fsp3) is 0.308. The minimum Gasteiger partial charge on any atom is -0.456 e. The summed E-state index contributed by atoms with van der Waals surface area (Å²) in [5.74, 6) is -1.60. The number of benzene rings is 2. The zero-order valence-corrected chi connectivity index (χ0v) is 23.1. The van der Waals surface area contributed by atoms with Crippen LogP contribution in [-0.2, 0) is 40.4 Å². The average molecular weight is 603 g/mol. The highest BCUT2D eigenvalue weighted by Gasteiger charge is 2.51. The molecule has 0 spiro atoms. The highest BCUT2D eigenvalue weighted by molar-refractivity contribution is 7.89. The van der Waals surface area contributed by atoms with E-state index in [4.69, 9.17) is 14.2 Å². The monoisotopic (exact) mass is 602 g/mol. The van der Waals surface area contributed by atoms with E-state index in [0.717, 1.165) is 59.2 Å². The van der Waals surface area contributed by atoms with Gasteiger partial charge in [-0.25, -0.2) is 13.2 Å². The maximum Gasteiger partial charge on any atom is 0.330 e. The van der Waals surface area contributed by atoms with E-state index in [-0.39, 0.29) is 17.1 Å². The van der Waals surface area contributed by atoms with E-state index >= 15 is 0 Å². The molecule has 3 aromatic rings. The van der Waals surface area contributed by atoms with Crippen LogP contribution in [0, 0.1) is 10.1 Å². The van der Waals surface area contributed by atoms with Gasteiger partial charge in [-0.15, -0.1) is 0 Å². The number of aromatic amines is 1. The first kappa shape index (κ1) is 30.3. The van der Waals surface area contributed by atoms with Crippen LogP contribution < -0.4 is 11.2 Å². The Morgan fingerprint density at radius 1 is 1.00 bits per heavy atom. The summed E-state index contributed by atoms with van der Waals surface area (Å²) in [6, 6.07) is 13.8. The Hall–Kier alpha value is -4.67. The summed E-state index contributed by atoms with van der Waals surface area (Å²) in [6.45, 7) is 1.54. The number of nitrogens with zero attached hydrogens (tertiary/aromatic N) is 3. The number of ether oxygens (including phenoxy) is 3. The molecule has 16 heteroatoms. The first-order valence-electron chi connectivity index (χ1n) is 12.5. The lowest BCUT2D eigenvalue weighted by molar-refractivity contribution is -0.384. The van der Waals surface area contributed by atoms with Crippen LogP contribution in [0.5, 0.6) is 0 Å². The number of nitro groups is 1. The summed E-state index contributed by atoms with van der Waals surface area (Å²) in [4.78, 5) is 60.6. The summed E-state index contributed by atoms with van der Waals surface area (Å²) >= 11 is 0. The van der Waals surface area contributed by atoms with Crippen molar-refractivity contribution in [1.29, 1.82) is 0 Å². The van der Waals surface area contributed by atoms with Crippen molar-refractivity contribution >= 4 is 27.6 Å². The van der Waals surface area contributed by atoms with Crippen LogP contribution in [-0.4, -0.2) is 64.0 Å². The van der Waals surface area contributed by atoms with Gasteiger partial charge >= 0.3 is 17.6 Å². The highest BCUT2D eigenvalue weighted by Crippen LogP contribution is 2.35. The van der Waals surface area contributed by atoms with Crippen LogP contribution in [0.1, 0.15) is 25.6 Å². The third-order valence-electron chi connectivity index (χ3n) is 6.29. The van der Waals surface area contributed by atoms with Crippen molar-refractivity contribution in [2.45, 2.75) is 49.8 Å². The number of carbonyl (C=O) groups excluding carboxylic acids is 2. The lowest BCUT2D eigenvalue weighted by Gasteiger charge is -2.28. The summed E-state index contributed by atoms with van der Waals surface area (Å²) in [7, 11) is -4.35. The van der Waals surface area contributed by atoms with Gasteiger partial charge in [0.1, 0.15) is 6.10 Å². The average Bonchev–Trinajstić information content (AvgIpc) is 3.23. The number of non-ortho nitro benzene ring substituents is 1. The quantitative estimate of drug-likeness (QED) is 0.198. The molecule has 1 aliphatic rings. The van der Waals surface area contributed by atoms with E-state index in [1.165, 1.54) is 0 Å². The van der Waals surface area contributed by atoms with Crippen molar-refractivity contribution in [3.05, 3.63) is 103 Å². The van der Waals surface area contributed by atoms with Gasteiger partial charge in [0.2, 0.25) is 10.0 Å². The fourth-order valence-electron chi connectivity index (χ4n) is 4.48. The minimum atomic E-state index is -4.35. The molecule has 1 aromatic heterocycles. The zero-order valence-electron chi connectivity index (χ0n) is 22.3. The smallest absolute Gasteiger partial charge is 0.330 e. The van der Waals surface area contributed by atoms with E-state index in [9.17, 15) is 37.7 Å². The van der Waals surface area contributed by atoms with Gasteiger partial charge in [0, 0.05) is 51.3 Å². The number of aromatic nitrogens is 2. The molecule has 0 radical (unpaired) electrons. The number of nitro benzene ring substituents is 1. The second-order valence-electron chi connectivity index (χ2n) is 9.26. The third kappa shape index (κ3) is 6.79. The largest absolute Gasteiger partial charge is 0.456 e. The van der Waals surface area contributed by atoms with Gasteiger partial charge in [0.25, 0.3) is 11.2 Å². The molecule has 222 valence electrons. The molecule has 1 saturated heterocycles. The number of rotatable bonds is 10. The van der Waals surface area contributed by atoms with Crippen LogP contribution in [0.15, 0.2) is 81.3 Å². The number of H-pyrrole nitrogens is 1. The van der Waals surface area contributed by atoms with E-state index in [2.05, 4.69) is 4.98 Å². The topological polar surface area (TPSA) is 197 Å². The Morgan fingerprint density at radius 3 is 2.19 bits per heavy atom. The van der Waals surface area contributed by atoms with Crippen molar-refractivity contribution in [2.24, 2.45) is 0 Å². The van der Waals surface area contributed by atoms with Crippen molar-refractivity contribution in [2.75, 3.05) is 6.54 Å². The van der Waals surface area contributed by atoms with Crippen LogP contribution in [0.25, 0.3) is 0 Å². The van der Waals surface area contributed by atoms with Gasteiger partial charge in [0.15, 0.2) is 18.4 Å². The maximum atomic E-state index is 13.8. The normalized spacial score (nSPS) is 20.3. The van der Waals surface area contributed by atoms with Crippen LogP contribution >= 0.6 is 0 Å². The number of nitrogens with one attached hydrogen (secondary N) is 1. The van der Waals surface area contributed by atoms with Gasteiger partial charge in [0.05, 0.1) is 9.82 Å². The molecule has 0 amide bonds. The molecule has 2 heterocycles. The molecule has 1 fully saturated rings. The van der Waals surface area contributed by atoms with E-state index in [1.807, 2.05) is 0 Å². The lowest BCUT2D eigenvalue weighted by atomic mass is 10.1. The first-order valence-corrected chi connectivity index (χ1v) is 13.9. The second kappa shape index (κ2) is 12.5. The Balaban J connectivity index is 1.77. The van der Waals surface area contributed by atoms with Crippen LogP contribution in [0.2, 0.25) is 0 Å². The van der Waals surface area contributed by atoms with E-state index in [1.54, 1.807) is 30.3 Å². The molecule has 2 aromatic carbocycles. The van der Waals surface area contributed by atoms with Crippen molar-refractivity contribution < 1.29 is 37.1 Å². The molecule has 4 rings (SSSR count). The van der Waals surface area contributed by atoms with Crippen LogP contribution in [0.4, 0.5) is 5.69 Å². The zero-order chi connectivity index (χ0) is 30.6. The van der Waals surface area contributed by atoms with E-state index in [0.29, 0.717) is 5.56 Å². The summed E-state index contributed by atoms with van der Waals surface area (Å²) in [5, 5.41) is 11.1. The Kier molecular flexibility index (Phi) is 8.99. The number of hydrogen-bond donors (Lipinski definition) is 1. The molecule has 42 heavy (non-hydrogen) atoms. The molecule has 15 nitrogen and oxygen atoms in total. The van der Waals surface area contributed by atoms with Crippen molar-refractivity contribution in [3.8, 4) is 0 Å². The third-order valence-corrected chi connectivity index (χ3v) is 8.11. The molecular formula is C26H26N4O11S. The summed E-state index contributed by atoms with van der Waals surface area (Å²) in [5.41, 5.74) is -1.34. The number of sulfonamides is 1. The number of esters is 2. The fourth-order valence-corrected chi connectivity index (χ4v) is 5.92. The molecular weight excluding hydrogens is 576 g/mol. The standard InChI is InChI=1S/C26H26N4O11S/c1-16(31)39-23-21(41-25(24(23)40-17(2)32)29-13-12-22(33)27-26(29)34)15-28(14-18-6-4-3-5-7-18)42(37,38)20-10-8-19(9-11-20)30(35)36/h3-13,21,23-25H,14-15H2,1-2H3,(H,27,33,34)/t21-,23-,24-,25-/m1/s1.